The Balaban J connectivity index is 2.70. The molecule has 62 valence electrons. The number of nitrogens with zero attached hydrogens (tertiary/aromatic N) is 3. The summed E-state index contributed by atoms with van der Waals surface area (Å²) < 4.78 is 2.19. The zero-order valence-electron chi connectivity index (χ0n) is 5.98. The lowest BCUT2D eigenvalue weighted by Crippen LogP contribution is -2.37. The average molecular weight is 385 g/mol. The van der Waals surface area contributed by atoms with E-state index >= 15 is 0 Å². The van der Waals surface area contributed by atoms with Crippen LogP contribution < -0.4 is 10.7 Å². The molecule has 3 nitrogen and oxygen atoms in total. The Kier molecular flexibility index (Phi) is 2.49. The van der Waals surface area contributed by atoms with E-state index < -0.39 is 0 Å². The number of hydrogen-bond donors (Lipinski definition) is 0. The molecule has 0 saturated carbocycles. The van der Waals surface area contributed by atoms with E-state index in [1.165, 1.54) is 0 Å². The molecule has 1 atom stereocenters. The predicted octanol–water partition coefficient (Wildman–Crippen LogP) is 0.823. The van der Waals surface area contributed by atoms with Gasteiger partial charge in [-0.2, -0.15) is 0 Å². The van der Waals surface area contributed by atoms with Gasteiger partial charge in [-0.1, -0.05) is 0 Å². The van der Waals surface area contributed by atoms with E-state index in [0.717, 1.165) is 10.7 Å². The molecule has 1 aliphatic heterocycles. The van der Waals surface area contributed by atoms with Crippen molar-refractivity contribution in [3.05, 3.63) is 29.0 Å². The van der Waals surface area contributed by atoms with Crippen LogP contribution >= 0.6 is 45.5 Å². The zero-order valence-corrected chi connectivity index (χ0v) is 10.3. The molecule has 1 aliphatic rings. The van der Waals surface area contributed by atoms with Gasteiger partial charge in [0.1, 0.15) is 0 Å². The van der Waals surface area contributed by atoms with Gasteiger partial charge in [0.25, 0.3) is 0 Å². The molecule has 0 aromatic carbocycles. The van der Waals surface area contributed by atoms with Gasteiger partial charge < -0.3 is 0 Å². The van der Waals surface area contributed by atoms with Crippen molar-refractivity contribution in [1.29, 1.82) is 0 Å². The van der Waals surface area contributed by atoms with Crippen LogP contribution in [-0.4, -0.2) is 12.3 Å². The number of alkyl halides is 1. The van der Waals surface area contributed by atoms with Gasteiger partial charge in [-0.25, -0.2) is 9.98 Å². The van der Waals surface area contributed by atoms with Crippen LogP contribution in [0.25, 0.3) is 6.20 Å². The number of halogens is 2. The van der Waals surface area contributed by atoms with Crippen LogP contribution in [0.15, 0.2) is 23.3 Å². The number of rotatable bonds is 0. The van der Waals surface area contributed by atoms with E-state index in [-0.39, 0.29) is 4.17 Å². The van der Waals surface area contributed by atoms with E-state index in [0.29, 0.717) is 0 Å². The van der Waals surface area contributed by atoms with Crippen LogP contribution in [0.1, 0.15) is 0 Å². The van der Waals surface area contributed by atoms with Gasteiger partial charge in [-0.15, -0.1) is 0 Å². The van der Waals surface area contributed by atoms with Crippen molar-refractivity contribution in [1.82, 2.24) is 8.10 Å². The van der Waals surface area contributed by atoms with Gasteiger partial charge in [-0.05, 0) is 34.7 Å². The molecule has 0 radical (unpaired) electrons. The molecule has 5 heteroatoms. The van der Waals surface area contributed by atoms with Crippen LogP contribution in [0.3, 0.4) is 0 Å². The highest BCUT2D eigenvalue weighted by Crippen LogP contribution is 2.15. The highest BCUT2D eigenvalue weighted by molar-refractivity contribution is 14.1. The Morgan fingerprint density at radius 2 is 2.33 bits per heavy atom. The summed E-state index contributed by atoms with van der Waals surface area (Å²) >= 11 is 4.49. The van der Waals surface area contributed by atoms with Crippen LogP contribution in [0.5, 0.6) is 0 Å². The maximum atomic E-state index is 4.39. The fourth-order valence-corrected chi connectivity index (χ4v) is 1.82. The van der Waals surface area contributed by atoms with Gasteiger partial charge >= 0.3 is 0 Å². The number of hydrogen-bond acceptors (Lipinski definition) is 3. The molecule has 0 saturated heterocycles. The van der Waals surface area contributed by atoms with E-state index in [4.69, 9.17) is 0 Å². The molecule has 0 fully saturated rings. The molecule has 1 unspecified atom stereocenters. The quantitative estimate of drug-likeness (QED) is 0.287. The summed E-state index contributed by atoms with van der Waals surface area (Å²) in [5.41, 5.74) is 0.838. The first-order chi connectivity index (χ1) is 5.77. The topological polar surface area (TPSA) is 28.5 Å². The second kappa shape index (κ2) is 3.44. The van der Waals surface area contributed by atoms with Crippen molar-refractivity contribution in [3.63, 3.8) is 0 Å². The molecular formula is C7H5I2N3. The normalized spacial score (nSPS) is 20.8. The first-order valence-corrected chi connectivity index (χ1v) is 5.57. The zero-order chi connectivity index (χ0) is 8.55. The SMILES string of the molecule is IC1N=c2ncccc2=CN1I. The average Bonchev–Trinajstić information content (AvgIpc) is 2.07. The van der Waals surface area contributed by atoms with Crippen LogP contribution in [0.2, 0.25) is 0 Å². The molecule has 0 spiro atoms. The summed E-state index contributed by atoms with van der Waals surface area (Å²) in [7, 11) is 0. The summed E-state index contributed by atoms with van der Waals surface area (Å²) in [6.07, 6.45) is 3.81. The van der Waals surface area contributed by atoms with E-state index in [2.05, 4.69) is 55.4 Å². The van der Waals surface area contributed by atoms with E-state index in [1.54, 1.807) is 6.20 Å². The smallest absolute Gasteiger partial charge is 0.183 e. The molecule has 2 rings (SSSR count). The number of fused-ring (bicyclic) bond motifs is 1. The van der Waals surface area contributed by atoms with Crippen molar-refractivity contribution >= 4 is 51.7 Å². The molecule has 0 amide bonds. The largest absolute Gasteiger partial charge is 0.289 e. The minimum Gasteiger partial charge on any atom is -0.289 e. The molecular weight excluding hydrogens is 380 g/mol. The summed E-state index contributed by atoms with van der Waals surface area (Å²) in [6.45, 7) is 0. The van der Waals surface area contributed by atoms with Crippen molar-refractivity contribution in [2.45, 2.75) is 4.17 Å². The van der Waals surface area contributed by atoms with Gasteiger partial charge in [-0.3, -0.25) is 3.11 Å². The first kappa shape index (κ1) is 8.67. The molecule has 1 aromatic heterocycles. The minimum atomic E-state index is 0.158. The lowest BCUT2D eigenvalue weighted by molar-refractivity contribution is 0.664. The molecule has 0 bridgehead atoms. The highest BCUT2D eigenvalue weighted by Gasteiger charge is 2.10. The van der Waals surface area contributed by atoms with Crippen LogP contribution in [-0.2, 0) is 0 Å². The molecule has 0 aliphatic carbocycles. The Labute approximate surface area is 97.2 Å². The molecule has 1 aromatic rings. The number of pyridine rings is 1. The van der Waals surface area contributed by atoms with Crippen molar-refractivity contribution in [2.24, 2.45) is 4.99 Å². The Hall–Kier alpha value is 0.0800. The Bertz CT molecular complexity index is 364. The van der Waals surface area contributed by atoms with Crippen molar-refractivity contribution in [3.8, 4) is 0 Å². The molecule has 12 heavy (non-hydrogen) atoms. The standard InChI is InChI=1S/C7H5I2N3/c8-7-11-6-5(4-12(7)9)2-1-3-10-6/h1-4,7H. The summed E-state index contributed by atoms with van der Waals surface area (Å²) in [5, 5.41) is 1.08. The van der Waals surface area contributed by atoms with Crippen molar-refractivity contribution < 1.29 is 0 Å². The summed E-state index contributed by atoms with van der Waals surface area (Å²) in [6, 6.07) is 3.93. The minimum absolute atomic E-state index is 0.158. The Morgan fingerprint density at radius 3 is 3.17 bits per heavy atom. The lowest BCUT2D eigenvalue weighted by Gasteiger charge is -2.17. The lowest BCUT2D eigenvalue weighted by atomic mass is 10.4. The second-order valence-electron chi connectivity index (χ2n) is 2.33. The van der Waals surface area contributed by atoms with Gasteiger partial charge in [0.05, 0.1) is 22.9 Å². The third-order valence-electron chi connectivity index (χ3n) is 1.51. The van der Waals surface area contributed by atoms with E-state index in [9.17, 15) is 0 Å². The molecule has 0 N–H and O–H groups in total. The highest BCUT2D eigenvalue weighted by atomic mass is 127. The maximum absolute atomic E-state index is 4.39. The van der Waals surface area contributed by atoms with Crippen LogP contribution in [0.4, 0.5) is 0 Å². The monoisotopic (exact) mass is 385 g/mol. The maximum Gasteiger partial charge on any atom is 0.183 e. The Morgan fingerprint density at radius 1 is 1.50 bits per heavy atom. The first-order valence-electron chi connectivity index (χ1n) is 3.36. The fourth-order valence-electron chi connectivity index (χ4n) is 0.968. The fraction of sp³-hybridized carbons (Fsp3) is 0.143. The van der Waals surface area contributed by atoms with E-state index in [1.807, 2.05) is 21.4 Å². The van der Waals surface area contributed by atoms with Crippen LogP contribution in [0, 0.1) is 0 Å². The number of aromatic nitrogens is 1. The van der Waals surface area contributed by atoms with Gasteiger partial charge in [0.2, 0.25) is 0 Å². The predicted molar refractivity (Wildman–Crippen MR) is 63.2 cm³/mol. The van der Waals surface area contributed by atoms with Gasteiger partial charge in [0, 0.05) is 17.6 Å². The van der Waals surface area contributed by atoms with Gasteiger partial charge in [0.15, 0.2) is 9.66 Å². The third kappa shape index (κ3) is 1.56. The summed E-state index contributed by atoms with van der Waals surface area (Å²) in [4.78, 5) is 8.56. The second-order valence-corrected chi connectivity index (χ2v) is 4.56. The van der Waals surface area contributed by atoms with Crippen molar-refractivity contribution in [2.75, 3.05) is 0 Å². The summed E-state index contributed by atoms with van der Waals surface area (Å²) in [5.74, 6) is 0. The molecule has 2 heterocycles. The third-order valence-corrected chi connectivity index (χ3v) is 4.26.